The van der Waals surface area contributed by atoms with Gasteiger partial charge in [0.1, 0.15) is 5.69 Å². The van der Waals surface area contributed by atoms with Crippen LogP contribution in [0.25, 0.3) is 0 Å². The zero-order valence-electron chi connectivity index (χ0n) is 9.82. The lowest BCUT2D eigenvalue weighted by Crippen LogP contribution is -2.20. The number of nitrogens with zero attached hydrogens (tertiary/aromatic N) is 6. The van der Waals surface area contributed by atoms with E-state index in [2.05, 4.69) is 25.9 Å². The number of carbonyl (C=O) groups is 1. The molecule has 0 saturated heterocycles. The minimum absolute atomic E-state index is 0.114. The van der Waals surface area contributed by atoms with E-state index in [0.29, 0.717) is 11.6 Å². The number of anilines is 1. The molecule has 0 atom stereocenters. The molecule has 0 aromatic carbocycles. The summed E-state index contributed by atoms with van der Waals surface area (Å²) in [6.45, 7) is 3.90. The van der Waals surface area contributed by atoms with Gasteiger partial charge < -0.3 is 0 Å². The molecule has 0 spiro atoms. The largest absolute Gasteiger partial charge is 0.288 e. The SMILES string of the molecule is CC(C)n1nccc1C(=O)Nc1nnnn1C. The normalized spacial score (nSPS) is 10.8. The van der Waals surface area contributed by atoms with Crippen molar-refractivity contribution in [2.45, 2.75) is 19.9 Å². The van der Waals surface area contributed by atoms with Gasteiger partial charge in [0, 0.05) is 19.3 Å². The number of rotatable bonds is 3. The first-order valence-corrected chi connectivity index (χ1v) is 5.17. The Morgan fingerprint density at radius 3 is 2.82 bits per heavy atom. The molecule has 0 aliphatic carbocycles. The number of carbonyl (C=O) groups excluding carboxylic acids is 1. The second kappa shape index (κ2) is 4.32. The summed E-state index contributed by atoms with van der Waals surface area (Å²) in [5, 5.41) is 17.4. The maximum Gasteiger partial charge on any atom is 0.276 e. The van der Waals surface area contributed by atoms with Crippen molar-refractivity contribution < 1.29 is 4.79 Å². The molecule has 8 heteroatoms. The van der Waals surface area contributed by atoms with Gasteiger partial charge in [0.2, 0.25) is 5.95 Å². The van der Waals surface area contributed by atoms with Gasteiger partial charge in [0.15, 0.2) is 0 Å². The van der Waals surface area contributed by atoms with Crippen molar-refractivity contribution in [3.63, 3.8) is 0 Å². The smallest absolute Gasteiger partial charge is 0.276 e. The summed E-state index contributed by atoms with van der Waals surface area (Å²) in [7, 11) is 1.65. The Morgan fingerprint density at radius 1 is 1.47 bits per heavy atom. The van der Waals surface area contributed by atoms with Gasteiger partial charge in [-0.25, -0.2) is 4.68 Å². The van der Waals surface area contributed by atoms with Gasteiger partial charge in [-0.05, 0) is 30.3 Å². The Labute approximate surface area is 97.6 Å². The molecule has 0 bridgehead atoms. The highest BCUT2D eigenvalue weighted by Gasteiger charge is 2.16. The highest BCUT2D eigenvalue weighted by atomic mass is 16.2. The van der Waals surface area contributed by atoms with Gasteiger partial charge in [-0.2, -0.15) is 5.10 Å². The number of hydrogen-bond acceptors (Lipinski definition) is 5. The highest BCUT2D eigenvalue weighted by Crippen LogP contribution is 2.09. The third-order valence-electron chi connectivity index (χ3n) is 2.24. The molecular formula is C9H13N7O. The molecule has 17 heavy (non-hydrogen) atoms. The average molecular weight is 235 g/mol. The van der Waals surface area contributed by atoms with E-state index in [-0.39, 0.29) is 11.9 Å². The van der Waals surface area contributed by atoms with Crippen LogP contribution in [0.4, 0.5) is 5.95 Å². The summed E-state index contributed by atoms with van der Waals surface area (Å²) in [4.78, 5) is 12.0. The minimum Gasteiger partial charge on any atom is -0.288 e. The first-order chi connectivity index (χ1) is 8.09. The molecule has 0 fully saturated rings. The average Bonchev–Trinajstić information content (AvgIpc) is 2.87. The first-order valence-electron chi connectivity index (χ1n) is 5.17. The quantitative estimate of drug-likeness (QED) is 0.822. The molecule has 2 aromatic rings. The molecule has 8 nitrogen and oxygen atoms in total. The number of nitrogens with one attached hydrogen (secondary N) is 1. The van der Waals surface area contributed by atoms with Crippen LogP contribution in [-0.2, 0) is 7.05 Å². The molecular weight excluding hydrogens is 222 g/mol. The van der Waals surface area contributed by atoms with Crippen LogP contribution in [0.3, 0.4) is 0 Å². The first kappa shape index (κ1) is 11.2. The summed E-state index contributed by atoms with van der Waals surface area (Å²) < 4.78 is 3.02. The van der Waals surface area contributed by atoms with Crippen molar-refractivity contribution >= 4 is 11.9 Å². The predicted molar refractivity (Wildman–Crippen MR) is 59.4 cm³/mol. The van der Waals surface area contributed by atoms with E-state index in [0.717, 1.165) is 0 Å². The Bertz CT molecular complexity index is 527. The molecule has 1 amide bonds. The summed E-state index contributed by atoms with van der Waals surface area (Å²) in [5.41, 5.74) is 0.475. The molecule has 0 unspecified atom stereocenters. The van der Waals surface area contributed by atoms with Gasteiger partial charge in [0.25, 0.3) is 5.91 Å². The summed E-state index contributed by atoms with van der Waals surface area (Å²) in [6, 6.07) is 1.77. The fourth-order valence-electron chi connectivity index (χ4n) is 1.41. The van der Waals surface area contributed by atoms with Crippen LogP contribution < -0.4 is 5.32 Å². The van der Waals surface area contributed by atoms with E-state index in [1.807, 2.05) is 13.8 Å². The van der Waals surface area contributed by atoms with Crippen molar-refractivity contribution in [3.8, 4) is 0 Å². The molecule has 2 heterocycles. The number of hydrogen-bond donors (Lipinski definition) is 1. The van der Waals surface area contributed by atoms with Gasteiger partial charge in [-0.1, -0.05) is 5.10 Å². The lowest BCUT2D eigenvalue weighted by Gasteiger charge is -2.10. The minimum atomic E-state index is -0.283. The van der Waals surface area contributed by atoms with E-state index in [4.69, 9.17) is 0 Å². The summed E-state index contributed by atoms with van der Waals surface area (Å²) in [5.74, 6) is 0.0145. The topological polar surface area (TPSA) is 90.5 Å². The third kappa shape index (κ3) is 2.14. The van der Waals surface area contributed by atoms with E-state index < -0.39 is 0 Å². The zero-order chi connectivity index (χ0) is 12.4. The van der Waals surface area contributed by atoms with E-state index >= 15 is 0 Å². The van der Waals surface area contributed by atoms with Crippen molar-refractivity contribution in [1.29, 1.82) is 0 Å². The Morgan fingerprint density at radius 2 is 2.24 bits per heavy atom. The van der Waals surface area contributed by atoms with E-state index in [1.54, 1.807) is 24.0 Å². The fourth-order valence-corrected chi connectivity index (χ4v) is 1.41. The van der Waals surface area contributed by atoms with Crippen LogP contribution in [0.2, 0.25) is 0 Å². The molecule has 2 aromatic heterocycles. The second-order valence-electron chi connectivity index (χ2n) is 3.83. The maximum atomic E-state index is 12.0. The number of aromatic nitrogens is 6. The van der Waals surface area contributed by atoms with Crippen molar-refractivity contribution in [3.05, 3.63) is 18.0 Å². The van der Waals surface area contributed by atoms with Crippen LogP contribution in [-0.4, -0.2) is 35.9 Å². The Kier molecular flexibility index (Phi) is 2.86. The molecule has 0 radical (unpaired) electrons. The standard InChI is InChI=1S/C9H13N7O/c1-6(2)16-7(4-5-10-16)8(17)11-9-12-13-14-15(9)3/h4-6H,1-3H3,(H,11,12,14,17). The molecule has 2 rings (SSSR count). The van der Waals surface area contributed by atoms with E-state index in [9.17, 15) is 4.79 Å². The van der Waals surface area contributed by atoms with Crippen molar-refractivity contribution in [1.82, 2.24) is 30.0 Å². The number of aryl methyl sites for hydroxylation is 1. The van der Waals surface area contributed by atoms with Crippen LogP contribution >= 0.6 is 0 Å². The van der Waals surface area contributed by atoms with Gasteiger partial charge in [-0.3, -0.25) is 14.8 Å². The lowest BCUT2D eigenvalue weighted by molar-refractivity contribution is 0.101. The van der Waals surface area contributed by atoms with Gasteiger partial charge in [-0.15, -0.1) is 0 Å². The fraction of sp³-hybridized carbons (Fsp3) is 0.444. The molecule has 90 valence electrons. The number of tetrazole rings is 1. The number of amides is 1. The summed E-state index contributed by atoms with van der Waals surface area (Å²) in [6.07, 6.45) is 1.59. The van der Waals surface area contributed by atoms with Crippen LogP contribution in [0.1, 0.15) is 30.4 Å². The monoisotopic (exact) mass is 235 g/mol. The predicted octanol–water partition coefficient (Wildman–Crippen LogP) is 0.240. The van der Waals surface area contributed by atoms with Gasteiger partial charge in [0.05, 0.1) is 0 Å². The van der Waals surface area contributed by atoms with Crippen molar-refractivity contribution in [2.24, 2.45) is 7.05 Å². The highest BCUT2D eigenvalue weighted by molar-refractivity contribution is 6.02. The maximum absolute atomic E-state index is 12.0. The van der Waals surface area contributed by atoms with Crippen LogP contribution in [0, 0.1) is 0 Å². The van der Waals surface area contributed by atoms with Gasteiger partial charge >= 0.3 is 0 Å². The lowest BCUT2D eigenvalue weighted by atomic mass is 10.3. The Hall–Kier alpha value is -2.25. The molecule has 0 saturated carbocycles. The summed E-state index contributed by atoms with van der Waals surface area (Å²) >= 11 is 0. The van der Waals surface area contributed by atoms with E-state index in [1.165, 1.54) is 4.68 Å². The zero-order valence-corrected chi connectivity index (χ0v) is 9.82. The van der Waals surface area contributed by atoms with Crippen LogP contribution in [0.5, 0.6) is 0 Å². The third-order valence-corrected chi connectivity index (χ3v) is 2.24. The van der Waals surface area contributed by atoms with Crippen LogP contribution in [0.15, 0.2) is 12.3 Å². The van der Waals surface area contributed by atoms with Crippen molar-refractivity contribution in [2.75, 3.05) is 5.32 Å². The molecule has 0 aliphatic heterocycles. The molecule has 0 aliphatic rings. The molecule has 1 N–H and O–H groups in total. The Balaban J connectivity index is 2.21. The second-order valence-corrected chi connectivity index (χ2v) is 3.83.